The highest BCUT2D eigenvalue weighted by Crippen LogP contribution is 2.59. The van der Waals surface area contributed by atoms with E-state index in [1.54, 1.807) is 12.4 Å². The third kappa shape index (κ3) is 2.08. The number of benzene rings is 1. The van der Waals surface area contributed by atoms with Gasteiger partial charge in [0.1, 0.15) is 12.0 Å². The van der Waals surface area contributed by atoms with Crippen LogP contribution in [0.15, 0.2) is 55.0 Å². The van der Waals surface area contributed by atoms with E-state index in [-0.39, 0.29) is 11.6 Å². The predicted molar refractivity (Wildman–Crippen MR) is 115 cm³/mol. The molecule has 0 saturated heterocycles. The van der Waals surface area contributed by atoms with Gasteiger partial charge < -0.3 is 4.90 Å². The molecule has 146 valence electrons. The summed E-state index contributed by atoms with van der Waals surface area (Å²) < 4.78 is 0. The van der Waals surface area contributed by atoms with Crippen molar-refractivity contribution in [3.63, 3.8) is 0 Å². The molecule has 5 nitrogen and oxygen atoms in total. The minimum absolute atomic E-state index is 0.000139. The van der Waals surface area contributed by atoms with Crippen molar-refractivity contribution >= 4 is 23.1 Å². The Morgan fingerprint density at radius 1 is 1.00 bits per heavy atom. The summed E-state index contributed by atoms with van der Waals surface area (Å²) in [6.07, 6.45) is 7.84. The smallest absolute Gasteiger partial charge is 0.179 e. The van der Waals surface area contributed by atoms with Crippen LogP contribution in [0.25, 0.3) is 0 Å². The molecule has 6 heterocycles. The van der Waals surface area contributed by atoms with Crippen LogP contribution in [-0.2, 0) is 6.42 Å². The van der Waals surface area contributed by atoms with E-state index in [9.17, 15) is 0 Å². The van der Waals surface area contributed by atoms with Gasteiger partial charge in [-0.3, -0.25) is 4.90 Å². The summed E-state index contributed by atoms with van der Waals surface area (Å²) >= 11 is 0. The van der Waals surface area contributed by atoms with Crippen molar-refractivity contribution in [3.8, 4) is 0 Å². The van der Waals surface area contributed by atoms with Crippen LogP contribution in [0.2, 0.25) is 0 Å². The van der Waals surface area contributed by atoms with Gasteiger partial charge in [0, 0.05) is 29.7 Å². The number of pyridine rings is 1. The summed E-state index contributed by atoms with van der Waals surface area (Å²) in [5.74, 6) is 3.77. The molecular weight excluding hydrogens is 358 g/mol. The first kappa shape index (κ1) is 17.0. The molecule has 0 spiro atoms. The fourth-order valence-corrected chi connectivity index (χ4v) is 5.99. The van der Waals surface area contributed by atoms with Gasteiger partial charge in [-0.05, 0) is 47.9 Å². The second-order valence-electron chi connectivity index (χ2n) is 8.89. The normalized spacial score (nSPS) is 28.9. The lowest BCUT2D eigenvalue weighted by atomic mass is 9.64. The molecule has 0 radical (unpaired) electrons. The van der Waals surface area contributed by atoms with Crippen molar-refractivity contribution in [2.24, 2.45) is 11.3 Å². The van der Waals surface area contributed by atoms with Gasteiger partial charge in [-0.2, -0.15) is 0 Å². The highest BCUT2D eigenvalue weighted by Gasteiger charge is 2.57. The second-order valence-corrected chi connectivity index (χ2v) is 8.89. The Morgan fingerprint density at radius 2 is 1.76 bits per heavy atom. The summed E-state index contributed by atoms with van der Waals surface area (Å²) in [5.41, 5.74) is 3.99. The van der Waals surface area contributed by atoms with E-state index in [0.29, 0.717) is 11.8 Å². The molecule has 7 rings (SSSR count). The van der Waals surface area contributed by atoms with Crippen molar-refractivity contribution < 1.29 is 0 Å². The number of nitrogens with zero attached hydrogens (tertiary/aromatic N) is 5. The molecular formula is C24H25N5. The molecule has 4 atom stereocenters. The Labute approximate surface area is 171 Å². The molecule has 2 bridgehead atoms. The molecule has 3 aromatic rings. The van der Waals surface area contributed by atoms with Crippen LogP contribution in [0.3, 0.4) is 0 Å². The molecule has 0 N–H and O–H groups in total. The van der Waals surface area contributed by atoms with E-state index in [1.807, 2.05) is 6.20 Å². The van der Waals surface area contributed by atoms with Crippen molar-refractivity contribution in [1.82, 2.24) is 15.0 Å². The monoisotopic (exact) mass is 383 g/mol. The van der Waals surface area contributed by atoms with E-state index in [1.165, 1.54) is 16.8 Å². The van der Waals surface area contributed by atoms with Gasteiger partial charge in [0.05, 0.1) is 0 Å². The molecule has 1 aromatic carbocycles. The lowest BCUT2D eigenvalue weighted by molar-refractivity contribution is 0.135. The van der Waals surface area contributed by atoms with Crippen LogP contribution in [-0.4, -0.2) is 21.1 Å². The minimum atomic E-state index is -0.000139. The summed E-state index contributed by atoms with van der Waals surface area (Å²) in [5, 5.41) is 0. The number of para-hydroxylation sites is 1. The molecule has 0 saturated carbocycles. The number of fused-ring (bicyclic) bond motifs is 6. The second kappa shape index (κ2) is 5.78. The van der Waals surface area contributed by atoms with Gasteiger partial charge in [-0.15, -0.1) is 0 Å². The molecule has 4 aliphatic heterocycles. The Hall–Kier alpha value is -2.95. The Kier molecular flexibility index (Phi) is 3.38. The Bertz CT molecular complexity index is 1090. The molecule has 0 fully saturated rings. The van der Waals surface area contributed by atoms with Crippen LogP contribution in [0, 0.1) is 11.3 Å². The Balaban J connectivity index is 1.73. The number of rotatable bonds is 1. The van der Waals surface area contributed by atoms with Crippen molar-refractivity contribution in [2.75, 3.05) is 9.80 Å². The van der Waals surface area contributed by atoms with Crippen LogP contribution >= 0.6 is 0 Å². The number of anilines is 4. The third-order valence-electron chi connectivity index (χ3n) is 7.52. The van der Waals surface area contributed by atoms with E-state index < -0.39 is 0 Å². The average Bonchev–Trinajstić information content (AvgIpc) is 3.06. The van der Waals surface area contributed by atoms with E-state index in [0.717, 1.165) is 30.3 Å². The lowest BCUT2D eigenvalue weighted by Gasteiger charge is -2.48. The molecule has 4 aliphatic rings. The Morgan fingerprint density at radius 3 is 2.48 bits per heavy atom. The number of aromatic nitrogens is 3. The topological polar surface area (TPSA) is 45.2 Å². The van der Waals surface area contributed by atoms with E-state index in [4.69, 9.17) is 15.0 Å². The van der Waals surface area contributed by atoms with E-state index >= 15 is 0 Å². The van der Waals surface area contributed by atoms with Crippen LogP contribution < -0.4 is 9.80 Å². The zero-order valence-corrected chi connectivity index (χ0v) is 17.1. The first-order valence-electron chi connectivity index (χ1n) is 10.6. The maximum atomic E-state index is 4.82. The first-order chi connectivity index (χ1) is 14.1. The fourth-order valence-electron chi connectivity index (χ4n) is 5.99. The molecule has 4 unspecified atom stereocenters. The largest absolute Gasteiger partial charge is 0.301 e. The molecule has 0 aliphatic carbocycles. The zero-order valence-electron chi connectivity index (χ0n) is 17.1. The average molecular weight is 383 g/mol. The van der Waals surface area contributed by atoms with Gasteiger partial charge in [0.15, 0.2) is 11.6 Å². The third-order valence-corrected chi connectivity index (χ3v) is 7.52. The van der Waals surface area contributed by atoms with Gasteiger partial charge in [0.2, 0.25) is 0 Å². The fraction of sp³-hybridized carbons (Fsp3) is 0.375. The standard InChI is InChI=1S/C24H25N5/c1-4-17-15(2)24(3)13-16-9-10-20(27-14-16)29-22-21(25-11-12-26-22)28(23(24)29)19-8-6-5-7-18(17)19/h5-12,14-15,17,23H,4,13H2,1-3H3. The van der Waals surface area contributed by atoms with Gasteiger partial charge in [-0.25, -0.2) is 15.0 Å². The maximum absolute atomic E-state index is 4.82. The molecule has 2 aromatic heterocycles. The predicted octanol–water partition coefficient (Wildman–Crippen LogP) is 5.19. The van der Waals surface area contributed by atoms with Gasteiger partial charge in [0.25, 0.3) is 0 Å². The quantitative estimate of drug-likeness (QED) is 0.578. The number of hydrogen-bond acceptors (Lipinski definition) is 5. The van der Waals surface area contributed by atoms with Gasteiger partial charge in [-0.1, -0.05) is 45.0 Å². The molecule has 0 amide bonds. The summed E-state index contributed by atoms with van der Waals surface area (Å²) in [4.78, 5) is 19.2. The van der Waals surface area contributed by atoms with Crippen LogP contribution in [0.1, 0.15) is 44.2 Å². The highest BCUT2D eigenvalue weighted by molar-refractivity contribution is 5.84. The summed E-state index contributed by atoms with van der Waals surface area (Å²) in [7, 11) is 0. The van der Waals surface area contributed by atoms with Crippen molar-refractivity contribution in [3.05, 3.63) is 66.1 Å². The van der Waals surface area contributed by atoms with Gasteiger partial charge >= 0.3 is 0 Å². The summed E-state index contributed by atoms with van der Waals surface area (Å²) in [6, 6.07) is 13.3. The maximum Gasteiger partial charge on any atom is 0.179 e. The number of hydrogen-bond donors (Lipinski definition) is 0. The first-order valence-corrected chi connectivity index (χ1v) is 10.6. The zero-order chi connectivity index (χ0) is 19.8. The van der Waals surface area contributed by atoms with Crippen LogP contribution in [0.5, 0.6) is 0 Å². The van der Waals surface area contributed by atoms with Crippen LogP contribution in [0.4, 0.5) is 23.1 Å². The van der Waals surface area contributed by atoms with Crippen molar-refractivity contribution in [2.45, 2.75) is 45.7 Å². The lowest BCUT2D eigenvalue weighted by Crippen LogP contribution is -2.54. The highest BCUT2D eigenvalue weighted by atomic mass is 15.5. The summed E-state index contributed by atoms with van der Waals surface area (Å²) in [6.45, 7) is 7.22. The SMILES string of the molecule is CCC1c2ccccc2N2c3nccnc3N3c4ccc(cn4)CC(C)(C1C)C32. The molecule has 5 heteroatoms. The van der Waals surface area contributed by atoms with Crippen molar-refractivity contribution in [1.29, 1.82) is 0 Å². The molecule has 29 heavy (non-hydrogen) atoms. The van der Waals surface area contributed by atoms with E-state index in [2.05, 4.69) is 67.0 Å². The minimum Gasteiger partial charge on any atom is -0.301 e.